The number of aliphatic hydroxyl groups is 1. The minimum absolute atomic E-state index is 0.0229. The monoisotopic (exact) mass is 1200 g/mol. The number of nitrogens with one attached hydrogen (secondary N) is 4. The van der Waals surface area contributed by atoms with Crippen LogP contribution in [0.2, 0.25) is 0 Å². The minimum Gasteiger partial charge on any atom is -0.390 e. The predicted octanol–water partition coefficient (Wildman–Crippen LogP) is 3.27. The van der Waals surface area contributed by atoms with Crippen LogP contribution in [0.3, 0.4) is 0 Å². The maximum atomic E-state index is 15.1. The van der Waals surface area contributed by atoms with Crippen LogP contribution in [0.4, 0.5) is 0 Å². The molecule has 23 heteroatoms. The number of hydrogen-bond acceptors (Lipinski definition) is 12. The Morgan fingerprint density at radius 2 is 0.871 bits per heavy atom. The fraction of sp³-hybridized carbons (Fsp3) is 0.790. The van der Waals surface area contributed by atoms with Crippen LogP contribution in [0.25, 0.3) is 0 Å². The molecule has 0 saturated carbocycles. The zero-order chi connectivity index (χ0) is 66.0. The smallest absolute Gasteiger partial charge is 0.246 e. The van der Waals surface area contributed by atoms with Gasteiger partial charge in [-0.05, 0) is 101 Å². The number of rotatable bonds is 15. The van der Waals surface area contributed by atoms with E-state index in [1.165, 1.54) is 87.7 Å². The molecule has 0 aromatic heterocycles. The molecular weight excluding hydrogens is 1090 g/mol. The number of aliphatic hydroxyl groups excluding tert-OH is 1. The lowest BCUT2D eigenvalue weighted by Crippen LogP contribution is -2.63. The van der Waals surface area contributed by atoms with Crippen molar-refractivity contribution in [1.29, 1.82) is 0 Å². The van der Waals surface area contributed by atoms with Gasteiger partial charge >= 0.3 is 0 Å². The minimum atomic E-state index is -1.61. The number of carbonyl (C=O) groups is 11. The van der Waals surface area contributed by atoms with Crippen LogP contribution in [0.5, 0.6) is 0 Å². The quantitative estimate of drug-likeness (QED) is 0.148. The van der Waals surface area contributed by atoms with Gasteiger partial charge in [0.25, 0.3) is 0 Å². The second-order valence-electron chi connectivity index (χ2n) is 26.1. The average molecular weight is 1200 g/mol. The van der Waals surface area contributed by atoms with E-state index in [9.17, 15) is 48.3 Å². The number of allylic oxidation sites excluding steroid dienone is 2. The molecule has 0 aliphatic carbocycles. The van der Waals surface area contributed by atoms with Crippen molar-refractivity contribution < 1.29 is 57.8 Å². The molecule has 12 atom stereocenters. The van der Waals surface area contributed by atoms with E-state index in [1.54, 1.807) is 54.5 Å². The molecule has 1 aliphatic rings. The van der Waals surface area contributed by atoms with Gasteiger partial charge < -0.3 is 60.7 Å². The summed E-state index contributed by atoms with van der Waals surface area (Å²) in [6.07, 6.45) is 3.04. The van der Waals surface area contributed by atoms with E-state index >= 15 is 9.59 Å². The van der Waals surface area contributed by atoms with Crippen LogP contribution in [0, 0.1) is 41.4 Å². The molecule has 1 aliphatic heterocycles. The van der Waals surface area contributed by atoms with E-state index in [1.807, 2.05) is 61.5 Å². The number of likely N-dealkylation sites (N-methyl/N-ethyl adjacent to an activating group) is 7. The van der Waals surface area contributed by atoms with E-state index in [-0.39, 0.29) is 55.8 Å². The van der Waals surface area contributed by atoms with Gasteiger partial charge in [0, 0.05) is 49.3 Å². The van der Waals surface area contributed by atoms with Crippen molar-refractivity contribution in [2.24, 2.45) is 41.4 Å². The first-order valence-corrected chi connectivity index (χ1v) is 30.6. The number of amides is 11. The van der Waals surface area contributed by atoms with Crippen molar-refractivity contribution in [2.75, 3.05) is 55.9 Å². The molecule has 11 amide bonds. The summed E-state index contributed by atoms with van der Waals surface area (Å²) in [6, 6.07) is -12.3. The second-order valence-corrected chi connectivity index (χ2v) is 26.1. The van der Waals surface area contributed by atoms with Gasteiger partial charge in [-0.25, -0.2) is 0 Å². The fourth-order valence-corrected chi connectivity index (χ4v) is 10.7. The van der Waals surface area contributed by atoms with Gasteiger partial charge in [-0.3, -0.25) is 52.7 Å². The Balaban J connectivity index is 4.32. The van der Waals surface area contributed by atoms with Crippen molar-refractivity contribution in [3.05, 3.63) is 12.2 Å². The van der Waals surface area contributed by atoms with Crippen LogP contribution in [0.15, 0.2) is 12.2 Å². The van der Waals surface area contributed by atoms with Crippen molar-refractivity contribution in [2.45, 2.75) is 223 Å². The first-order chi connectivity index (χ1) is 39.2. The van der Waals surface area contributed by atoms with E-state index in [4.69, 9.17) is 0 Å². The van der Waals surface area contributed by atoms with Crippen molar-refractivity contribution >= 4 is 65.0 Å². The Bertz CT molecular complexity index is 2330. The number of nitrogens with zero attached hydrogens (tertiary/aromatic N) is 7. The molecule has 0 aromatic carbocycles. The highest BCUT2D eigenvalue weighted by molar-refractivity contribution is 5.99. The van der Waals surface area contributed by atoms with Crippen molar-refractivity contribution in [1.82, 2.24) is 55.6 Å². The molecule has 1 fully saturated rings. The third-order valence-corrected chi connectivity index (χ3v) is 16.1. The third-order valence-electron chi connectivity index (χ3n) is 16.1. The second kappa shape index (κ2) is 34.9. The normalized spacial score (nSPS) is 26.9. The maximum Gasteiger partial charge on any atom is 0.246 e. The molecule has 0 bridgehead atoms. The molecule has 2 unspecified atom stereocenters. The molecule has 1 saturated heterocycles. The molecule has 1 rings (SSSR count). The van der Waals surface area contributed by atoms with Crippen LogP contribution in [0.1, 0.15) is 156 Å². The van der Waals surface area contributed by atoms with Crippen molar-refractivity contribution in [3.63, 3.8) is 0 Å². The molecule has 0 radical (unpaired) electrons. The Morgan fingerprint density at radius 1 is 0.459 bits per heavy atom. The lowest BCUT2D eigenvalue weighted by molar-refractivity contribution is -0.157. The van der Waals surface area contributed by atoms with E-state index < -0.39 is 156 Å². The topological polar surface area (TPSA) is 279 Å². The van der Waals surface area contributed by atoms with Gasteiger partial charge in [0.2, 0.25) is 65.0 Å². The molecule has 0 aromatic rings. The zero-order valence-electron chi connectivity index (χ0n) is 56.1. The van der Waals surface area contributed by atoms with Crippen LogP contribution in [-0.2, 0) is 52.7 Å². The highest BCUT2D eigenvalue weighted by Crippen LogP contribution is 2.26. The largest absolute Gasteiger partial charge is 0.390 e. The fourth-order valence-electron chi connectivity index (χ4n) is 10.7. The standard InChI is InChI=1S/C62H111N11O12/c1-25-27-28-40(15)52(75)51-56(79)65-43(26-2)58(81)67(18)33-48(74)68(19)44(29-34(3)4)55(78)66-49(38(11)12)61(84)69(20)45(30-35(5)6)54(77)63-41(16)53(76)64-42(17)57(80)70(21)46(31-36(7)8)59(82)71(22)47(32-37(9)10)60(83)72(23)50(39(13)14)62(85)73(51)24/h25,27,34-47,49-52,75H,26,28-33H2,1-24H3,(H,63,77)(H,64,76)(H,65,79)(H,66,78)/t40?,41-,42-,43+,44+,45+,46-,47-,49?,50+,51-,52+/m1/s1. The molecule has 5 N–H and O–H groups in total. The lowest BCUT2D eigenvalue weighted by atomic mass is 9.91. The van der Waals surface area contributed by atoms with Gasteiger partial charge in [0.1, 0.15) is 60.4 Å². The average Bonchev–Trinajstić information content (AvgIpc) is 3.62. The number of hydrogen-bond donors (Lipinski definition) is 5. The summed E-state index contributed by atoms with van der Waals surface area (Å²) in [5.74, 6) is -9.71. The van der Waals surface area contributed by atoms with E-state index in [0.29, 0.717) is 6.42 Å². The SMILES string of the molecule is CC=CCC(C)[C@H](O)[C@@H]1C(=O)N[C@@H](CC)C(=O)N(C)CC(=O)N(C)[C@@H](CC(C)C)C(=O)NC(C(C)C)C(=O)N(C)[C@@H](CC(C)C)C(=O)N[C@H](C)C(=O)N[C@H](C)C(=O)N(C)[C@H](CC(C)C)C(=O)N(C)[C@H](CC(C)C)C(=O)N(C)[C@@H](C(C)C)C(=O)N1C. The predicted molar refractivity (Wildman–Crippen MR) is 328 cm³/mol. The highest BCUT2D eigenvalue weighted by Gasteiger charge is 2.45. The first kappa shape index (κ1) is 76.9. The summed E-state index contributed by atoms with van der Waals surface area (Å²) >= 11 is 0. The van der Waals surface area contributed by atoms with E-state index in [0.717, 1.165) is 9.80 Å². The first-order valence-electron chi connectivity index (χ1n) is 30.6. The maximum absolute atomic E-state index is 15.1. The Labute approximate surface area is 508 Å². The summed E-state index contributed by atoms with van der Waals surface area (Å²) in [5.41, 5.74) is 0. The number of carbonyl (C=O) groups excluding carboxylic acids is 11. The Hall–Kier alpha value is -6.13. The molecular formula is C62H111N11O12. The van der Waals surface area contributed by atoms with Gasteiger partial charge in [-0.2, -0.15) is 0 Å². The summed E-state index contributed by atoms with van der Waals surface area (Å²) < 4.78 is 0. The third kappa shape index (κ3) is 21.7. The van der Waals surface area contributed by atoms with Gasteiger partial charge in [0.05, 0.1) is 12.6 Å². The van der Waals surface area contributed by atoms with E-state index in [2.05, 4.69) is 21.3 Å². The van der Waals surface area contributed by atoms with Crippen LogP contribution in [-0.4, -0.2) is 227 Å². The summed E-state index contributed by atoms with van der Waals surface area (Å²) in [7, 11) is 9.92. The highest BCUT2D eigenvalue weighted by atomic mass is 16.3. The molecule has 0 spiro atoms. The molecule has 486 valence electrons. The Kier molecular flexibility index (Phi) is 31.5. The lowest BCUT2D eigenvalue weighted by Gasteiger charge is -2.41. The van der Waals surface area contributed by atoms with Crippen LogP contribution >= 0.6 is 0 Å². The summed E-state index contributed by atoms with van der Waals surface area (Å²) in [4.78, 5) is 169. The summed E-state index contributed by atoms with van der Waals surface area (Å²) in [5, 5.41) is 23.1. The Morgan fingerprint density at radius 3 is 1.32 bits per heavy atom. The van der Waals surface area contributed by atoms with Gasteiger partial charge in [0.15, 0.2) is 0 Å². The molecule has 1 heterocycles. The molecule has 85 heavy (non-hydrogen) atoms. The van der Waals surface area contributed by atoms with Crippen molar-refractivity contribution in [3.8, 4) is 0 Å². The van der Waals surface area contributed by atoms with Gasteiger partial charge in [-0.15, -0.1) is 0 Å². The van der Waals surface area contributed by atoms with Gasteiger partial charge in [-0.1, -0.05) is 109 Å². The zero-order valence-corrected chi connectivity index (χ0v) is 56.1. The molecule has 23 nitrogen and oxygen atoms in total. The van der Waals surface area contributed by atoms with Crippen LogP contribution < -0.4 is 21.3 Å². The summed E-state index contributed by atoms with van der Waals surface area (Å²) in [6.45, 7) is 29.3.